The standard InChI is InChI=1S/C16H23FN4O/c17-14-8-4-3-7-13(14)15(22)19-9-10-20-16(18)21-11-5-1-2-6-12-21/h3-4,7-8H,1-2,5-6,9-12H2,(H2,18,20)(H,19,22). The fourth-order valence-corrected chi connectivity index (χ4v) is 2.48. The van der Waals surface area contributed by atoms with Crippen molar-refractivity contribution in [2.45, 2.75) is 25.7 Å². The summed E-state index contributed by atoms with van der Waals surface area (Å²) in [5.74, 6) is -0.420. The van der Waals surface area contributed by atoms with Gasteiger partial charge in [0, 0.05) is 19.6 Å². The van der Waals surface area contributed by atoms with Crippen LogP contribution in [0.25, 0.3) is 0 Å². The van der Waals surface area contributed by atoms with Gasteiger partial charge in [-0.15, -0.1) is 0 Å². The van der Waals surface area contributed by atoms with Crippen molar-refractivity contribution in [1.29, 1.82) is 0 Å². The number of nitrogens with zero attached hydrogens (tertiary/aromatic N) is 2. The van der Waals surface area contributed by atoms with Gasteiger partial charge in [-0.1, -0.05) is 25.0 Å². The molecule has 3 N–H and O–H groups in total. The number of carbonyl (C=O) groups excluding carboxylic acids is 1. The molecule has 22 heavy (non-hydrogen) atoms. The Labute approximate surface area is 130 Å². The zero-order valence-electron chi connectivity index (χ0n) is 12.7. The van der Waals surface area contributed by atoms with Gasteiger partial charge in [0.05, 0.1) is 12.1 Å². The van der Waals surface area contributed by atoms with Crippen LogP contribution in [0.2, 0.25) is 0 Å². The Balaban J connectivity index is 1.77. The molecule has 2 rings (SSSR count). The molecule has 0 unspecified atom stereocenters. The highest BCUT2D eigenvalue weighted by Crippen LogP contribution is 2.09. The number of amides is 1. The molecular formula is C16H23FN4O. The van der Waals surface area contributed by atoms with E-state index in [2.05, 4.69) is 15.2 Å². The SMILES string of the molecule is NC(=NCCNC(=O)c1ccccc1F)N1CCCCCC1. The maximum Gasteiger partial charge on any atom is 0.254 e. The lowest BCUT2D eigenvalue weighted by Crippen LogP contribution is -2.38. The van der Waals surface area contributed by atoms with Crippen LogP contribution >= 0.6 is 0 Å². The molecule has 5 nitrogen and oxygen atoms in total. The topological polar surface area (TPSA) is 70.7 Å². The minimum Gasteiger partial charge on any atom is -0.370 e. The second kappa shape index (κ2) is 8.36. The maximum atomic E-state index is 13.4. The number of hydrogen-bond donors (Lipinski definition) is 2. The molecule has 1 heterocycles. The molecule has 0 bridgehead atoms. The third-order valence-electron chi connectivity index (χ3n) is 3.72. The molecule has 120 valence electrons. The quantitative estimate of drug-likeness (QED) is 0.506. The largest absolute Gasteiger partial charge is 0.370 e. The zero-order chi connectivity index (χ0) is 15.8. The van der Waals surface area contributed by atoms with Crippen molar-refractivity contribution in [2.24, 2.45) is 10.7 Å². The fraction of sp³-hybridized carbons (Fsp3) is 0.500. The summed E-state index contributed by atoms with van der Waals surface area (Å²) in [5, 5.41) is 2.65. The summed E-state index contributed by atoms with van der Waals surface area (Å²) in [6, 6.07) is 5.91. The first kappa shape index (κ1) is 16.3. The highest BCUT2D eigenvalue weighted by molar-refractivity contribution is 5.94. The van der Waals surface area contributed by atoms with E-state index in [9.17, 15) is 9.18 Å². The summed E-state index contributed by atoms with van der Waals surface area (Å²) < 4.78 is 13.4. The number of aliphatic imine (C=N–C) groups is 1. The van der Waals surface area contributed by atoms with Crippen LogP contribution in [0.4, 0.5) is 4.39 Å². The predicted molar refractivity (Wildman–Crippen MR) is 85.3 cm³/mol. The summed E-state index contributed by atoms with van der Waals surface area (Å²) in [4.78, 5) is 18.2. The molecule has 1 fully saturated rings. The Hall–Kier alpha value is -2.11. The van der Waals surface area contributed by atoms with Gasteiger partial charge in [0.15, 0.2) is 5.96 Å². The van der Waals surface area contributed by atoms with Crippen molar-refractivity contribution in [3.8, 4) is 0 Å². The van der Waals surface area contributed by atoms with Crippen LogP contribution in [0.1, 0.15) is 36.0 Å². The Morgan fingerprint density at radius 2 is 1.91 bits per heavy atom. The van der Waals surface area contributed by atoms with E-state index >= 15 is 0 Å². The number of rotatable bonds is 4. The van der Waals surface area contributed by atoms with Gasteiger partial charge in [-0.3, -0.25) is 9.79 Å². The van der Waals surface area contributed by atoms with Crippen molar-refractivity contribution in [3.05, 3.63) is 35.6 Å². The molecule has 1 aliphatic heterocycles. The van der Waals surface area contributed by atoms with Gasteiger partial charge < -0.3 is 16.0 Å². The van der Waals surface area contributed by atoms with E-state index in [1.165, 1.54) is 25.0 Å². The van der Waals surface area contributed by atoms with E-state index in [4.69, 9.17) is 5.73 Å². The number of carbonyl (C=O) groups is 1. The van der Waals surface area contributed by atoms with Gasteiger partial charge in [-0.25, -0.2) is 4.39 Å². The summed E-state index contributed by atoms with van der Waals surface area (Å²) in [7, 11) is 0. The Morgan fingerprint density at radius 1 is 1.23 bits per heavy atom. The lowest BCUT2D eigenvalue weighted by atomic mass is 10.2. The molecule has 0 aromatic heterocycles. The van der Waals surface area contributed by atoms with E-state index in [1.807, 2.05) is 0 Å². The van der Waals surface area contributed by atoms with E-state index in [0.29, 0.717) is 19.0 Å². The monoisotopic (exact) mass is 306 g/mol. The average Bonchev–Trinajstić information content (AvgIpc) is 2.81. The lowest BCUT2D eigenvalue weighted by Gasteiger charge is -2.21. The van der Waals surface area contributed by atoms with E-state index in [-0.39, 0.29) is 5.56 Å². The number of nitrogens with one attached hydrogen (secondary N) is 1. The average molecular weight is 306 g/mol. The third kappa shape index (κ3) is 4.72. The zero-order valence-corrected chi connectivity index (χ0v) is 12.7. The van der Waals surface area contributed by atoms with E-state index in [1.54, 1.807) is 12.1 Å². The predicted octanol–water partition coefficient (Wildman–Crippen LogP) is 1.75. The summed E-state index contributed by atoms with van der Waals surface area (Å²) >= 11 is 0. The third-order valence-corrected chi connectivity index (χ3v) is 3.72. The molecule has 1 aromatic carbocycles. The van der Waals surface area contributed by atoms with E-state index in [0.717, 1.165) is 25.9 Å². The number of benzene rings is 1. The van der Waals surface area contributed by atoms with E-state index < -0.39 is 11.7 Å². The lowest BCUT2D eigenvalue weighted by molar-refractivity contribution is 0.0951. The second-order valence-electron chi connectivity index (χ2n) is 5.38. The van der Waals surface area contributed by atoms with Crippen LogP contribution in [0.3, 0.4) is 0 Å². The number of likely N-dealkylation sites (tertiary alicyclic amines) is 1. The summed E-state index contributed by atoms with van der Waals surface area (Å²) in [6.07, 6.45) is 4.76. The molecule has 1 aliphatic rings. The molecule has 1 saturated heterocycles. The molecule has 0 radical (unpaired) electrons. The molecule has 0 aliphatic carbocycles. The number of nitrogens with two attached hydrogens (primary N) is 1. The Kier molecular flexibility index (Phi) is 6.18. The van der Waals surface area contributed by atoms with Gasteiger partial charge in [0.25, 0.3) is 5.91 Å². The van der Waals surface area contributed by atoms with Gasteiger partial charge in [-0.05, 0) is 25.0 Å². The first-order valence-corrected chi connectivity index (χ1v) is 7.76. The number of hydrogen-bond acceptors (Lipinski definition) is 2. The minimum absolute atomic E-state index is 0.0481. The van der Waals surface area contributed by atoms with Crippen molar-refractivity contribution in [1.82, 2.24) is 10.2 Å². The molecule has 0 spiro atoms. The van der Waals surface area contributed by atoms with Crippen molar-refractivity contribution < 1.29 is 9.18 Å². The molecule has 6 heteroatoms. The number of guanidine groups is 1. The number of halogens is 1. The molecule has 1 aromatic rings. The van der Waals surface area contributed by atoms with Crippen LogP contribution in [0.5, 0.6) is 0 Å². The molecular weight excluding hydrogens is 283 g/mol. The Morgan fingerprint density at radius 3 is 2.59 bits per heavy atom. The van der Waals surface area contributed by atoms with Crippen LogP contribution in [-0.2, 0) is 0 Å². The molecule has 0 atom stereocenters. The molecule has 1 amide bonds. The van der Waals surface area contributed by atoms with Crippen LogP contribution < -0.4 is 11.1 Å². The van der Waals surface area contributed by atoms with Gasteiger partial charge >= 0.3 is 0 Å². The summed E-state index contributed by atoms with van der Waals surface area (Å²) in [5.41, 5.74) is 6.02. The van der Waals surface area contributed by atoms with Crippen molar-refractivity contribution >= 4 is 11.9 Å². The van der Waals surface area contributed by atoms with Crippen LogP contribution in [0.15, 0.2) is 29.3 Å². The highest BCUT2D eigenvalue weighted by atomic mass is 19.1. The van der Waals surface area contributed by atoms with Gasteiger partial charge in [0.2, 0.25) is 0 Å². The van der Waals surface area contributed by atoms with Crippen LogP contribution in [-0.4, -0.2) is 42.9 Å². The molecule has 0 saturated carbocycles. The minimum atomic E-state index is -0.521. The fourth-order valence-electron chi connectivity index (χ4n) is 2.48. The smallest absolute Gasteiger partial charge is 0.254 e. The van der Waals surface area contributed by atoms with Crippen molar-refractivity contribution in [3.63, 3.8) is 0 Å². The van der Waals surface area contributed by atoms with Crippen molar-refractivity contribution in [2.75, 3.05) is 26.2 Å². The highest BCUT2D eigenvalue weighted by Gasteiger charge is 2.11. The van der Waals surface area contributed by atoms with Gasteiger partial charge in [-0.2, -0.15) is 0 Å². The summed E-state index contributed by atoms with van der Waals surface area (Å²) in [6.45, 7) is 2.61. The first-order valence-electron chi connectivity index (χ1n) is 7.76. The normalized spacial score (nSPS) is 16.2. The van der Waals surface area contributed by atoms with Gasteiger partial charge in [0.1, 0.15) is 5.82 Å². The first-order chi connectivity index (χ1) is 10.7. The second-order valence-corrected chi connectivity index (χ2v) is 5.38. The maximum absolute atomic E-state index is 13.4. The van der Waals surface area contributed by atoms with Crippen LogP contribution in [0, 0.1) is 5.82 Å². The Bertz CT molecular complexity index is 525.